The molecule has 0 heterocycles. The molecule has 0 amide bonds. The van der Waals surface area contributed by atoms with Crippen LogP contribution in [0.5, 0.6) is 11.5 Å². The average Bonchev–Trinajstić information content (AvgIpc) is 2.41. The summed E-state index contributed by atoms with van der Waals surface area (Å²) in [5.74, 6) is 1.30. The zero-order valence-electron chi connectivity index (χ0n) is 11.8. The van der Waals surface area contributed by atoms with Crippen LogP contribution in [0.2, 0.25) is 5.02 Å². The predicted octanol–water partition coefficient (Wildman–Crippen LogP) is 4.25. The fraction of sp³-hybridized carbons (Fsp3) is 0.250. The van der Waals surface area contributed by atoms with E-state index in [4.69, 9.17) is 16.3 Å². The van der Waals surface area contributed by atoms with E-state index in [0.29, 0.717) is 10.8 Å². The second-order valence-electron chi connectivity index (χ2n) is 4.86. The van der Waals surface area contributed by atoms with Crippen molar-refractivity contribution in [2.24, 2.45) is 0 Å². The first-order valence-corrected chi connectivity index (χ1v) is 6.78. The van der Waals surface area contributed by atoms with E-state index in [1.54, 1.807) is 19.1 Å². The summed E-state index contributed by atoms with van der Waals surface area (Å²) in [5.41, 5.74) is 1.82. The quantitative estimate of drug-likeness (QED) is 0.914. The molecule has 2 rings (SSSR count). The van der Waals surface area contributed by atoms with Gasteiger partial charge in [0, 0.05) is 25.8 Å². The second kappa shape index (κ2) is 6.16. The molecular formula is C16H18ClNO2. The van der Waals surface area contributed by atoms with Crippen LogP contribution < -0.4 is 9.64 Å². The number of ether oxygens (including phenoxy) is 1. The van der Waals surface area contributed by atoms with Crippen LogP contribution in [0, 0.1) is 0 Å². The Kier molecular flexibility index (Phi) is 4.53. The van der Waals surface area contributed by atoms with Gasteiger partial charge in [0.25, 0.3) is 0 Å². The molecule has 0 fully saturated rings. The van der Waals surface area contributed by atoms with E-state index < -0.39 is 6.10 Å². The molecule has 0 saturated carbocycles. The van der Waals surface area contributed by atoms with E-state index >= 15 is 0 Å². The molecule has 0 aliphatic heterocycles. The summed E-state index contributed by atoms with van der Waals surface area (Å²) in [6, 6.07) is 13.1. The van der Waals surface area contributed by atoms with Crippen LogP contribution in [0.4, 0.5) is 5.69 Å². The normalized spacial score (nSPS) is 12.1. The number of benzene rings is 2. The molecule has 2 aromatic carbocycles. The monoisotopic (exact) mass is 291 g/mol. The molecule has 0 unspecified atom stereocenters. The number of anilines is 1. The van der Waals surface area contributed by atoms with Gasteiger partial charge in [-0.1, -0.05) is 23.7 Å². The van der Waals surface area contributed by atoms with Gasteiger partial charge < -0.3 is 14.7 Å². The Hall–Kier alpha value is -1.71. The molecule has 0 aromatic heterocycles. The lowest BCUT2D eigenvalue weighted by Crippen LogP contribution is -2.08. The maximum atomic E-state index is 9.52. The van der Waals surface area contributed by atoms with Crippen molar-refractivity contribution >= 4 is 17.3 Å². The highest BCUT2D eigenvalue weighted by atomic mass is 35.5. The molecule has 0 aliphatic rings. The zero-order valence-corrected chi connectivity index (χ0v) is 12.6. The average molecular weight is 292 g/mol. The largest absolute Gasteiger partial charge is 0.456 e. The first kappa shape index (κ1) is 14.7. The predicted molar refractivity (Wildman–Crippen MR) is 82.9 cm³/mol. The molecule has 0 aliphatic carbocycles. The SMILES string of the molecule is C[C@H](O)c1ccc(Oc2cccc(N(C)C)c2)c(Cl)c1. The van der Waals surface area contributed by atoms with Crippen molar-refractivity contribution in [3.8, 4) is 11.5 Å². The molecule has 20 heavy (non-hydrogen) atoms. The molecule has 0 radical (unpaired) electrons. The van der Waals surface area contributed by atoms with Crippen molar-refractivity contribution in [3.63, 3.8) is 0 Å². The molecule has 106 valence electrons. The maximum Gasteiger partial charge on any atom is 0.146 e. The van der Waals surface area contributed by atoms with Gasteiger partial charge in [-0.05, 0) is 36.8 Å². The Balaban J connectivity index is 2.24. The third kappa shape index (κ3) is 3.44. The Labute approximate surface area is 124 Å². The molecule has 3 nitrogen and oxygen atoms in total. The second-order valence-corrected chi connectivity index (χ2v) is 5.27. The van der Waals surface area contributed by atoms with Crippen molar-refractivity contribution in [2.75, 3.05) is 19.0 Å². The van der Waals surface area contributed by atoms with Gasteiger partial charge in [-0.15, -0.1) is 0 Å². The topological polar surface area (TPSA) is 32.7 Å². The van der Waals surface area contributed by atoms with E-state index in [2.05, 4.69) is 0 Å². The number of hydrogen-bond donors (Lipinski definition) is 1. The Morgan fingerprint density at radius 3 is 2.50 bits per heavy atom. The van der Waals surface area contributed by atoms with Gasteiger partial charge in [0.1, 0.15) is 11.5 Å². The summed E-state index contributed by atoms with van der Waals surface area (Å²) in [6.07, 6.45) is -0.543. The highest BCUT2D eigenvalue weighted by molar-refractivity contribution is 6.32. The number of aliphatic hydroxyl groups is 1. The van der Waals surface area contributed by atoms with E-state index in [1.807, 2.05) is 49.3 Å². The summed E-state index contributed by atoms with van der Waals surface area (Å²) in [7, 11) is 3.95. The van der Waals surface area contributed by atoms with Crippen LogP contribution in [0.15, 0.2) is 42.5 Å². The zero-order chi connectivity index (χ0) is 14.7. The van der Waals surface area contributed by atoms with E-state index in [0.717, 1.165) is 17.0 Å². The lowest BCUT2D eigenvalue weighted by Gasteiger charge is -2.15. The Bertz CT molecular complexity index is 597. The van der Waals surface area contributed by atoms with Crippen molar-refractivity contribution < 1.29 is 9.84 Å². The minimum Gasteiger partial charge on any atom is -0.456 e. The Morgan fingerprint density at radius 2 is 1.90 bits per heavy atom. The van der Waals surface area contributed by atoms with Gasteiger partial charge >= 0.3 is 0 Å². The van der Waals surface area contributed by atoms with E-state index in [-0.39, 0.29) is 0 Å². The Morgan fingerprint density at radius 1 is 1.15 bits per heavy atom. The van der Waals surface area contributed by atoms with Gasteiger partial charge in [-0.25, -0.2) is 0 Å². The van der Waals surface area contributed by atoms with Gasteiger partial charge in [-0.2, -0.15) is 0 Å². The van der Waals surface area contributed by atoms with Crippen LogP contribution in [0.3, 0.4) is 0 Å². The van der Waals surface area contributed by atoms with Crippen molar-refractivity contribution in [2.45, 2.75) is 13.0 Å². The van der Waals surface area contributed by atoms with Crippen LogP contribution in [-0.2, 0) is 0 Å². The fourth-order valence-electron chi connectivity index (χ4n) is 1.81. The fourth-order valence-corrected chi connectivity index (χ4v) is 2.04. The molecule has 0 bridgehead atoms. The third-order valence-corrected chi connectivity index (χ3v) is 3.30. The highest BCUT2D eigenvalue weighted by Gasteiger charge is 2.08. The summed E-state index contributed by atoms with van der Waals surface area (Å²) in [5, 5.41) is 10.0. The number of halogens is 1. The van der Waals surface area contributed by atoms with E-state index in [9.17, 15) is 5.11 Å². The lowest BCUT2D eigenvalue weighted by molar-refractivity contribution is 0.199. The van der Waals surface area contributed by atoms with Gasteiger partial charge in [-0.3, -0.25) is 0 Å². The first-order valence-electron chi connectivity index (χ1n) is 6.40. The minimum absolute atomic E-state index is 0.485. The molecular weight excluding hydrogens is 274 g/mol. The molecule has 2 aromatic rings. The summed E-state index contributed by atoms with van der Waals surface area (Å²) < 4.78 is 5.79. The van der Waals surface area contributed by atoms with Crippen LogP contribution >= 0.6 is 11.6 Å². The lowest BCUT2D eigenvalue weighted by atomic mass is 10.1. The third-order valence-electron chi connectivity index (χ3n) is 3.00. The minimum atomic E-state index is -0.543. The van der Waals surface area contributed by atoms with Crippen LogP contribution in [0.1, 0.15) is 18.6 Å². The first-order chi connectivity index (χ1) is 9.47. The van der Waals surface area contributed by atoms with Crippen molar-refractivity contribution in [1.82, 2.24) is 0 Å². The van der Waals surface area contributed by atoms with Crippen molar-refractivity contribution in [3.05, 3.63) is 53.1 Å². The van der Waals surface area contributed by atoms with Gasteiger partial charge in [0.15, 0.2) is 0 Å². The molecule has 0 saturated heterocycles. The summed E-state index contributed by atoms with van der Waals surface area (Å²) in [4.78, 5) is 2.00. The molecule has 4 heteroatoms. The number of aliphatic hydroxyl groups excluding tert-OH is 1. The summed E-state index contributed by atoms with van der Waals surface area (Å²) in [6.45, 7) is 1.70. The molecule has 1 N–H and O–H groups in total. The highest BCUT2D eigenvalue weighted by Crippen LogP contribution is 2.32. The van der Waals surface area contributed by atoms with Gasteiger partial charge in [0.2, 0.25) is 0 Å². The number of nitrogens with zero attached hydrogens (tertiary/aromatic N) is 1. The molecule has 0 spiro atoms. The number of rotatable bonds is 4. The van der Waals surface area contributed by atoms with Gasteiger partial charge in [0.05, 0.1) is 11.1 Å². The number of hydrogen-bond acceptors (Lipinski definition) is 3. The summed E-state index contributed by atoms with van der Waals surface area (Å²) >= 11 is 6.18. The maximum absolute atomic E-state index is 9.52. The molecule has 1 atom stereocenters. The van der Waals surface area contributed by atoms with Crippen LogP contribution in [-0.4, -0.2) is 19.2 Å². The van der Waals surface area contributed by atoms with E-state index in [1.165, 1.54) is 0 Å². The van der Waals surface area contributed by atoms with Crippen molar-refractivity contribution in [1.29, 1.82) is 0 Å². The standard InChI is InChI=1S/C16H18ClNO2/c1-11(19)12-7-8-16(15(17)9-12)20-14-6-4-5-13(10-14)18(2)3/h4-11,19H,1-3H3/t11-/m0/s1. The smallest absolute Gasteiger partial charge is 0.146 e. The van der Waals surface area contributed by atoms with Crippen LogP contribution in [0.25, 0.3) is 0 Å².